The van der Waals surface area contributed by atoms with Crippen molar-refractivity contribution in [1.82, 2.24) is 4.98 Å². The van der Waals surface area contributed by atoms with Crippen LogP contribution in [0.25, 0.3) is 10.9 Å². The highest BCUT2D eigenvalue weighted by Gasteiger charge is 2.17. The van der Waals surface area contributed by atoms with E-state index in [0.717, 1.165) is 54.5 Å². The molecule has 0 bridgehead atoms. The second-order valence-electron chi connectivity index (χ2n) is 5.63. The summed E-state index contributed by atoms with van der Waals surface area (Å²) < 4.78 is 5.60. The molecule has 1 saturated heterocycles. The number of hydrogen-bond acceptors (Lipinski definition) is 3. The molecule has 2 unspecified atom stereocenters. The van der Waals surface area contributed by atoms with Gasteiger partial charge in [-0.3, -0.25) is 4.98 Å². The number of aryl methyl sites for hydroxylation is 1. The van der Waals surface area contributed by atoms with Crippen molar-refractivity contribution in [2.24, 2.45) is 0 Å². The van der Waals surface area contributed by atoms with E-state index in [9.17, 15) is 5.11 Å². The smallest absolute Gasteiger partial charge is 0.0791 e. The van der Waals surface area contributed by atoms with E-state index in [1.807, 2.05) is 31.2 Å². The van der Waals surface area contributed by atoms with Crippen molar-refractivity contribution in [2.45, 2.75) is 44.8 Å². The number of hydrogen-bond donors (Lipinski definition) is 1. The second kappa shape index (κ2) is 5.90. The molecule has 0 saturated carbocycles. The van der Waals surface area contributed by atoms with E-state index >= 15 is 0 Å². The van der Waals surface area contributed by atoms with Crippen molar-refractivity contribution < 1.29 is 9.84 Å². The van der Waals surface area contributed by atoms with Crippen molar-refractivity contribution in [1.29, 1.82) is 0 Å². The number of aromatic nitrogens is 1. The minimum absolute atomic E-state index is 0.342. The fourth-order valence-electron chi connectivity index (χ4n) is 2.84. The molecule has 1 aromatic heterocycles. The Morgan fingerprint density at radius 3 is 3.05 bits per heavy atom. The minimum atomic E-state index is -0.412. The van der Waals surface area contributed by atoms with Gasteiger partial charge in [-0.15, -0.1) is 0 Å². The molecule has 0 amide bonds. The van der Waals surface area contributed by atoms with Crippen LogP contribution < -0.4 is 0 Å². The van der Waals surface area contributed by atoms with Crippen LogP contribution >= 0.6 is 0 Å². The van der Waals surface area contributed by atoms with Gasteiger partial charge in [0.15, 0.2) is 0 Å². The zero-order valence-corrected chi connectivity index (χ0v) is 11.9. The fourth-order valence-corrected chi connectivity index (χ4v) is 2.84. The molecular formula is C17H21NO2. The van der Waals surface area contributed by atoms with Crippen molar-refractivity contribution in [3.8, 4) is 0 Å². The van der Waals surface area contributed by atoms with Crippen LogP contribution in [0.15, 0.2) is 30.3 Å². The predicted octanol–water partition coefficient (Wildman–Crippen LogP) is 3.54. The highest BCUT2D eigenvalue weighted by molar-refractivity contribution is 5.79. The van der Waals surface area contributed by atoms with Crippen molar-refractivity contribution in [3.05, 3.63) is 41.6 Å². The molecule has 1 aromatic carbocycles. The van der Waals surface area contributed by atoms with Gasteiger partial charge in [0.1, 0.15) is 0 Å². The Labute approximate surface area is 119 Å². The van der Waals surface area contributed by atoms with Gasteiger partial charge in [-0.2, -0.15) is 0 Å². The molecule has 0 spiro atoms. The van der Waals surface area contributed by atoms with Crippen LogP contribution in [0.1, 0.15) is 43.0 Å². The molecule has 106 valence electrons. The predicted molar refractivity (Wildman–Crippen MR) is 79.6 cm³/mol. The van der Waals surface area contributed by atoms with E-state index < -0.39 is 6.10 Å². The largest absolute Gasteiger partial charge is 0.388 e. The van der Waals surface area contributed by atoms with Gasteiger partial charge in [0.25, 0.3) is 0 Å². The van der Waals surface area contributed by atoms with Crippen LogP contribution in [-0.4, -0.2) is 22.8 Å². The van der Waals surface area contributed by atoms with Crippen LogP contribution in [0.4, 0.5) is 0 Å². The summed E-state index contributed by atoms with van der Waals surface area (Å²) in [5.74, 6) is 0. The standard InChI is InChI=1S/C17H21NO2/c1-12-4-5-13-11-14(6-8-16(13)18-12)17(19)9-7-15-3-2-10-20-15/h4-6,8,11,15,17,19H,2-3,7,9-10H2,1H3. The van der Waals surface area contributed by atoms with Gasteiger partial charge in [-0.1, -0.05) is 12.1 Å². The van der Waals surface area contributed by atoms with Crippen LogP contribution in [0.3, 0.4) is 0 Å². The summed E-state index contributed by atoms with van der Waals surface area (Å²) in [7, 11) is 0. The maximum absolute atomic E-state index is 10.3. The molecule has 1 aliphatic rings. The third-order valence-electron chi connectivity index (χ3n) is 4.02. The van der Waals surface area contributed by atoms with E-state index in [-0.39, 0.29) is 0 Å². The Balaban J connectivity index is 1.70. The average Bonchev–Trinajstić information content (AvgIpc) is 2.97. The van der Waals surface area contributed by atoms with Gasteiger partial charge in [-0.25, -0.2) is 0 Å². The second-order valence-corrected chi connectivity index (χ2v) is 5.63. The van der Waals surface area contributed by atoms with Gasteiger partial charge in [0.05, 0.1) is 17.7 Å². The lowest BCUT2D eigenvalue weighted by molar-refractivity contribution is 0.0812. The normalized spacial score (nSPS) is 20.4. The quantitative estimate of drug-likeness (QED) is 0.925. The fraction of sp³-hybridized carbons (Fsp3) is 0.471. The van der Waals surface area contributed by atoms with Crippen molar-refractivity contribution in [2.75, 3.05) is 6.61 Å². The zero-order valence-electron chi connectivity index (χ0n) is 11.9. The Hall–Kier alpha value is -1.45. The lowest BCUT2D eigenvalue weighted by Gasteiger charge is -2.14. The first kappa shape index (κ1) is 13.5. The van der Waals surface area contributed by atoms with E-state index in [0.29, 0.717) is 6.10 Å². The average molecular weight is 271 g/mol. The number of ether oxygens (including phenoxy) is 1. The molecule has 3 nitrogen and oxygen atoms in total. The maximum Gasteiger partial charge on any atom is 0.0791 e. The monoisotopic (exact) mass is 271 g/mol. The third kappa shape index (κ3) is 3.00. The number of aliphatic hydroxyl groups excluding tert-OH is 1. The Kier molecular flexibility index (Phi) is 3.99. The van der Waals surface area contributed by atoms with Crippen molar-refractivity contribution >= 4 is 10.9 Å². The number of pyridine rings is 1. The third-order valence-corrected chi connectivity index (χ3v) is 4.02. The van der Waals surface area contributed by atoms with Crippen LogP contribution in [0, 0.1) is 6.92 Å². The van der Waals surface area contributed by atoms with Gasteiger partial charge in [0.2, 0.25) is 0 Å². The molecule has 3 rings (SSSR count). The molecule has 0 radical (unpaired) electrons. The van der Waals surface area contributed by atoms with E-state index in [4.69, 9.17) is 4.74 Å². The van der Waals surface area contributed by atoms with E-state index in [1.165, 1.54) is 0 Å². The van der Waals surface area contributed by atoms with Gasteiger partial charge in [-0.05, 0) is 56.4 Å². The van der Waals surface area contributed by atoms with E-state index in [2.05, 4.69) is 11.1 Å². The van der Waals surface area contributed by atoms with Gasteiger partial charge < -0.3 is 9.84 Å². The number of fused-ring (bicyclic) bond motifs is 1. The van der Waals surface area contributed by atoms with Gasteiger partial charge >= 0.3 is 0 Å². The highest BCUT2D eigenvalue weighted by Crippen LogP contribution is 2.26. The maximum atomic E-state index is 10.3. The highest BCUT2D eigenvalue weighted by atomic mass is 16.5. The summed E-state index contributed by atoms with van der Waals surface area (Å²) in [4.78, 5) is 4.48. The lowest BCUT2D eigenvalue weighted by Crippen LogP contribution is -2.08. The van der Waals surface area contributed by atoms with Crippen molar-refractivity contribution in [3.63, 3.8) is 0 Å². The molecule has 2 atom stereocenters. The Morgan fingerprint density at radius 1 is 1.35 bits per heavy atom. The van der Waals surface area contributed by atoms with Crippen LogP contribution in [-0.2, 0) is 4.74 Å². The molecule has 1 fully saturated rings. The van der Waals surface area contributed by atoms with Crippen LogP contribution in [0.5, 0.6) is 0 Å². The van der Waals surface area contributed by atoms with Gasteiger partial charge in [0, 0.05) is 17.7 Å². The summed E-state index contributed by atoms with van der Waals surface area (Å²) in [5, 5.41) is 11.4. The molecular weight excluding hydrogens is 250 g/mol. The van der Waals surface area contributed by atoms with Crippen LogP contribution in [0.2, 0.25) is 0 Å². The molecule has 20 heavy (non-hydrogen) atoms. The SMILES string of the molecule is Cc1ccc2cc(C(O)CCC3CCCO3)ccc2n1. The Morgan fingerprint density at radius 2 is 2.25 bits per heavy atom. The molecule has 1 N–H and O–H groups in total. The first-order valence-corrected chi connectivity index (χ1v) is 7.39. The molecule has 2 aromatic rings. The summed E-state index contributed by atoms with van der Waals surface area (Å²) in [5.41, 5.74) is 2.98. The summed E-state index contributed by atoms with van der Waals surface area (Å²) >= 11 is 0. The Bertz CT molecular complexity index is 591. The summed E-state index contributed by atoms with van der Waals surface area (Å²) in [6, 6.07) is 10.1. The molecule has 2 heterocycles. The number of aliphatic hydroxyl groups is 1. The topological polar surface area (TPSA) is 42.4 Å². The summed E-state index contributed by atoms with van der Waals surface area (Å²) in [6.07, 6.45) is 3.91. The number of benzene rings is 1. The molecule has 1 aliphatic heterocycles. The zero-order chi connectivity index (χ0) is 13.9. The lowest BCUT2D eigenvalue weighted by atomic mass is 10.00. The molecule has 0 aliphatic carbocycles. The number of nitrogens with zero attached hydrogens (tertiary/aromatic N) is 1. The summed E-state index contributed by atoms with van der Waals surface area (Å²) in [6.45, 7) is 2.87. The first-order valence-electron chi connectivity index (χ1n) is 7.39. The number of rotatable bonds is 4. The van der Waals surface area contributed by atoms with E-state index in [1.54, 1.807) is 0 Å². The minimum Gasteiger partial charge on any atom is -0.388 e. The molecule has 3 heteroatoms. The first-order chi connectivity index (χ1) is 9.72.